The zero-order valence-corrected chi connectivity index (χ0v) is 18.8. The van der Waals surface area contributed by atoms with Gasteiger partial charge in [-0.2, -0.15) is 4.72 Å². The average Bonchev–Trinajstić information content (AvgIpc) is 2.66. The van der Waals surface area contributed by atoms with E-state index < -0.39 is 21.9 Å². The molecule has 0 radical (unpaired) electrons. The molecule has 6 nitrogen and oxygen atoms in total. The van der Waals surface area contributed by atoms with Gasteiger partial charge in [0.2, 0.25) is 15.9 Å². The SMILES string of the molecule is COc1ccc(CN(C)C(=O)C(CC(C)C)NS(=O)(=O)c2ccc(C)cc2)cc1F. The van der Waals surface area contributed by atoms with Gasteiger partial charge < -0.3 is 9.64 Å². The summed E-state index contributed by atoms with van der Waals surface area (Å²) in [4.78, 5) is 14.5. The molecule has 0 fully saturated rings. The van der Waals surface area contributed by atoms with E-state index in [-0.39, 0.29) is 29.0 Å². The molecule has 30 heavy (non-hydrogen) atoms. The molecule has 0 aliphatic carbocycles. The van der Waals surface area contributed by atoms with Crippen LogP contribution in [0, 0.1) is 18.7 Å². The third-order valence-electron chi connectivity index (χ3n) is 4.65. The van der Waals surface area contributed by atoms with Crippen LogP contribution in [0.2, 0.25) is 0 Å². The molecule has 0 bridgehead atoms. The minimum Gasteiger partial charge on any atom is -0.494 e. The van der Waals surface area contributed by atoms with Gasteiger partial charge in [-0.3, -0.25) is 4.79 Å². The highest BCUT2D eigenvalue weighted by atomic mass is 32.2. The van der Waals surface area contributed by atoms with Crippen LogP contribution in [0.25, 0.3) is 0 Å². The Kier molecular flexibility index (Phi) is 7.97. The van der Waals surface area contributed by atoms with Crippen LogP contribution in [0.4, 0.5) is 4.39 Å². The molecular formula is C22H29FN2O4S. The van der Waals surface area contributed by atoms with Crippen LogP contribution in [-0.2, 0) is 21.4 Å². The number of sulfonamides is 1. The van der Waals surface area contributed by atoms with E-state index in [1.807, 2.05) is 20.8 Å². The zero-order valence-electron chi connectivity index (χ0n) is 18.0. The van der Waals surface area contributed by atoms with E-state index in [0.717, 1.165) is 5.56 Å². The summed E-state index contributed by atoms with van der Waals surface area (Å²) in [7, 11) is -0.916. The first kappa shape index (κ1) is 23.8. The molecule has 0 spiro atoms. The highest BCUT2D eigenvalue weighted by Gasteiger charge is 2.28. The summed E-state index contributed by atoms with van der Waals surface area (Å²) in [5.74, 6) is -0.687. The number of ether oxygens (including phenoxy) is 1. The molecule has 2 aromatic rings. The van der Waals surface area contributed by atoms with Gasteiger partial charge in [0, 0.05) is 13.6 Å². The fourth-order valence-corrected chi connectivity index (χ4v) is 4.27. The molecule has 1 N–H and O–H groups in total. The number of amides is 1. The van der Waals surface area contributed by atoms with Crippen LogP contribution >= 0.6 is 0 Å². The minimum absolute atomic E-state index is 0.0894. The van der Waals surface area contributed by atoms with E-state index in [0.29, 0.717) is 12.0 Å². The number of aryl methyl sites for hydroxylation is 1. The number of halogens is 1. The van der Waals surface area contributed by atoms with Crippen LogP contribution in [0.1, 0.15) is 31.4 Å². The Morgan fingerprint density at radius 1 is 1.17 bits per heavy atom. The molecule has 0 saturated carbocycles. The normalized spacial score (nSPS) is 12.6. The first-order valence-electron chi connectivity index (χ1n) is 9.70. The molecule has 1 amide bonds. The number of carbonyl (C=O) groups excluding carboxylic acids is 1. The third kappa shape index (κ3) is 6.27. The molecular weight excluding hydrogens is 407 g/mol. The summed E-state index contributed by atoms with van der Waals surface area (Å²) >= 11 is 0. The van der Waals surface area contributed by atoms with Crippen LogP contribution < -0.4 is 9.46 Å². The smallest absolute Gasteiger partial charge is 0.241 e. The van der Waals surface area contributed by atoms with E-state index in [4.69, 9.17) is 4.74 Å². The molecule has 2 aromatic carbocycles. The summed E-state index contributed by atoms with van der Waals surface area (Å²) < 4.78 is 47.0. The van der Waals surface area contributed by atoms with Crippen molar-refractivity contribution in [1.29, 1.82) is 0 Å². The molecule has 2 rings (SSSR count). The number of methoxy groups -OCH3 is 1. The van der Waals surface area contributed by atoms with Crippen LogP contribution in [0.3, 0.4) is 0 Å². The van der Waals surface area contributed by atoms with Crippen molar-refractivity contribution in [1.82, 2.24) is 9.62 Å². The van der Waals surface area contributed by atoms with Gasteiger partial charge in [0.1, 0.15) is 6.04 Å². The van der Waals surface area contributed by atoms with Crippen molar-refractivity contribution < 1.29 is 22.3 Å². The van der Waals surface area contributed by atoms with Gasteiger partial charge in [-0.25, -0.2) is 12.8 Å². The molecule has 0 heterocycles. The zero-order chi connectivity index (χ0) is 22.5. The molecule has 1 atom stereocenters. The predicted octanol–water partition coefficient (Wildman–Crippen LogP) is 3.49. The Hall–Kier alpha value is -2.45. The number of nitrogens with zero attached hydrogens (tertiary/aromatic N) is 1. The van der Waals surface area contributed by atoms with Crippen LogP contribution in [0.15, 0.2) is 47.4 Å². The molecule has 0 aromatic heterocycles. The monoisotopic (exact) mass is 436 g/mol. The number of benzene rings is 2. The molecule has 0 aliphatic rings. The Morgan fingerprint density at radius 2 is 1.80 bits per heavy atom. The summed E-state index contributed by atoms with van der Waals surface area (Å²) in [6.07, 6.45) is 0.339. The Balaban J connectivity index is 2.19. The number of hydrogen-bond acceptors (Lipinski definition) is 4. The lowest BCUT2D eigenvalue weighted by Crippen LogP contribution is -2.47. The van der Waals surface area contributed by atoms with E-state index >= 15 is 0 Å². The first-order chi connectivity index (χ1) is 14.0. The van der Waals surface area contributed by atoms with Gasteiger partial charge in [-0.1, -0.05) is 37.6 Å². The van der Waals surface area contributed by atoms with E-state index in [1.54, 1.807) is 25.2 Å². The highest BCUT2D eigenvalue weighted by molar-refractivity contribution is 7.89. The van der Waals surface area contributed by atoms with Gasteiger partial charge in [0.25, 0.3) is 0 Å². The fourth-order valence-electron chi connectivity index (χ4n) is 3.07. The Labute approximate surface area is 178 Å². The van der Waals surface area contributed by atoms with Crippen LogP contribution in [0.5, 0.6) is 5.75 Å². The summed E-state index contributed by atoms with van der Waals surface area (Å²) in [6.45, 7) is 5.84. The Morgan fingerprint density at radius 3 is 2.33 bits per heavy atom. The second-order valence-corrected chi connectivity index (χ2v) is 9.49. The van der Waals surface area contributed by atoms with Crippen molar-refractivity contribution in [2.24, 2.45) is 5.92 Å². The van der Waals surface area contributed by atoms with Gasteiger partial charge in [-0.15, -0.1) is 0 Å². The fraction of sp³-hybridized carbons (Fsp3) is 0.409. The standard InChI is InChI=1S/C22H29FN2O4S/c1-15(2)12-20(24-30(27,28)18-9-6-16(3)7-10-18)22(26)25(4)14-17-8-11-21(29-5)19(23)13-17/h6-11,13,15,20,24H,12,14H2,1-5H3. The number of likely N-dealkylation sites (N-methyl/N-ethyl adjacent to an activating group) is 1. The maximum absolute atomic E-state index is 14.0. The topological polar surface area (TPSA) is 75.7 Å². The van der Waals surface area contributed by atoms with Crippen molar-refractivity contribution in [3.63, 3.8) is 0 Å². The van der Waals surface area contributed by atoms with Gasteiger partial charge in [0.15, 0.2) is 11.6 Å². The third-order valence-corrected chi connectivity index (χ3v) is 6.13. The van der Waals surface area contributed by atoms with Crippen molar-refractivity contribution in [2.75, 3.05) is 14.2 Å². The van der Waals surface area contributed by atoms with Gasteiger partial charge in [-0.05, 0) is 49.1 Å². The maximum Gasteiger partial charge on any atom is 0.241 e. The quantitative estimate of drug-likeness (QED) is 0.653. The average molecular weight is 437 g/mol. The Bertz CT molecular complexity index is 975. The molecule has 1 unspecified atom stereocenters. The maximum atomic E-state index is 14.0. The molecule has 0 saturated heterocycles. The summed E-state index contributed by atoms with van der Waals surface area (Å²) in [5.41, 5.74) is 1.52. The van der Waals surface area contributed by atoms with Crippen molar-refractivity contribution in [3.8, 4) is 5.75 Å². The highest BCUT2D eigenvalue weighted by Crippen LogP contribution is 2.19. The van der Waals surface area contributed by atoms with E-state index in [9.17, 15) is 17.6 Å². The minimum atomic E-state index is -3.86. The lowest BCUT2D eigenvalue weighted by atomic mass is 10.0. The summed E-state index contributed by atoms with van der Waals surface area (Å²) in [5, 5.41) is 0. The number of carbonyl (C=O) groups is 1. The molecule has 164 valence electrons. The largest absolute Gasteiger partial charge is 0.494 e. The predicted molar refractivity (Wildman–Crippen MR) is 114 cm³/mol. The van der Waals surface area contributed by atoms with E-state index in [2.05, 4.69) is 4.72 Å². The van der Waals surface area contributed by atoms with Gasteiger partial charge in [0.05, 0.1) is 12.0 Å². The first-order valence-corrected chi connectivity index (χ1v) is 11.2. The lowest BCUT2D eigenvalue weighted by Gasteiger charge is -2.26. The van der Waals surface area contributed by atoms with Crippen molar-refractivity contribution in [2.45, 2.75) is 44.7 Å². The number of nitrogens with one attached hydrogen (secondary N) is 1. The van der Waals surface area contributed by atoms with E-state index in [1.165, 1.54) is 36.3 Å². The van der Waals surface area contributed by atoms with Crippen molar-refractivity contribution >= 4 is 15.9 Å². The van der Waals surface area contributed by atoms with Gasteiger partial charge >= 0.3 is 0 Å². The number of rotatable bonds is 9. The molecule has 0 aliphatic heterocycles. The summed E-state index contributed by atoms with van der Waals surface area (Å²) in [6, 6.07) is 9.97. The van der Waals surface area contributed by atoms with Crippen molar-refractivity contribution in [3.05, 3.63) is 59.4 Å². The molecule has 8 heteroatoms. The second-order valence-electron chi connectivity index (χ2n) is 7.78. The lowest BCUT2D eigenvalue weighted by molar-refractivity contribution is -0.132. The van der Waals surface area contributed by atoms with Crippen LogP contribution in [-0.4, -0.2) is 39.4 Å². The second kappa shape index (κ2) is 10.0. The number of hydrogen-bond donors (Lipinski definition) is 1.